The lowest BCUT2D eigenvalue weighted by molar-refractivity contribution is -0.0498. The fourth-order valence-electron chi connectivity index (χ4n) is 2.38. The number of nitrogens with zero attached hydrogens (tertiary/aromatic N) is 3. The monoisotopic (exact) mass is 387 g/mol. The van der Waals surface area contributed by atoms with Gasteiger partial charge >= 0.3 is 6.61 Å². The number of aromatic nitrogens is 2. The number of hydrogen-bond donors (Lipinski definition) is 2. The average molecular weight is 387 g/mol. The van der Waals surface area contributed by atoms with Crippen molar-refractivity contribution < 1.29 is 13.5 Å². The van der Waals surface area contributed by atoms with E-state index in [0.717, 1.165) is 5.69 Å². The maximum Gasteiger partial charge on any atom is 0.387 e. The van der Waals surface area contributed by atoms with E-state index < -0.39 is 6.61 Å². The number of para-hydroxylation sites is 1. The molecule has 0 aliphatic rings. The normalized spacial score (nSPS) is 11.1. The Morgan fingerprint density at radius 2 is 1.89 bits per heavy atom. The van der Waals surface area contributed by atoms with E-state index in [1.54, 1.807) is 23.0 Å². The molecule has 3 N–H and O–H groups in total. The van der Waals surface area contributed by atoms with Gasteiger partial charge in [0.1, 0.15) is 11.4 Å². The topological polar surface area (TPSA) is 77.5 Å². The van der Waals surface area contributed by atoms with E-state index in [-0.39, 0.29) is 10.9 Å². The van der Waals surface area contributed by atoms with Crippen molar-refractivity contribution in [1.29, 1.82) is 0 Å². The maximum absolute atomic E-state index is 12.3. The molecular formula is C18H15F2N5OS. The zero-order chi connectivity index (χ0) is 19.2. The summed E-state index contributed by atoms with van der Waals surface area (Å²) in [4.78, 5) is 0. The number of hydrogen-bond acceptors (Lipinski definition) is 4. The Morgan fingerprint density at radius 3 is 2.52 bits per heavy atom. The maximum atomic E-state index is 12.3. The van der Waals surface area contributed by atoms with Crippen LogP contribution in [-0.4, -0.2) is 27.7 Å². The van der Waals surface area contributed by atoms with Crippen molar-refractivity contribution in [1.82, 2.24) is 15.2 Å². The number of benzene rings is 2. The smallest absolute Gasteiger partial charge is 0.387 e. The number of rotatable bonds is 6. The van der Waals surface area contributed by atoms with Gasteiger partial charge in [-0.15, -0.1) is 0 Å². The summed E-state index contributed by atoms with van der Waals surface area (Å²) in [6.07, 6.45) is 3.32. The van der Waals surface area contributed by atoms with Gasteiger partial charge in [-0.05, 0) is 48.6 Å². The van der Waals surface area contributed by atoms with Crippen LogP contribution < -0.4 is 15.9 Å². The lowest BCUT2D eigenvalue weighted by atomic mass is 10.1. The van der Waals surface area contributed by atoms with E-state index in [1.165, 1.54) is 18.3 Å². The van der Waals surface area contributed by atoms with Crippen LogP contribution in [0.25, 0.3) is 16.9 Å². The Morgan fingerprint density at radius 1 is 1.19 bits per heavy atom. The Hall–Kier alpha value is -3.33. The van der Waals surface area contributed by atoms with Crippen molar-refractivity contribution in [2.24, 2.45) is 10.8 Å². The van der Waals surface area contributed by atoms with E-state index in [1.807, 2.05) is 30.3 Å². The van der Waals surface area contributed by atoms with E-state index in [2.05, 4.69) is 20.4 Å². The Bertz CT molecular complexity index is 942. The van der Waals surface area contributed by atoms with Crippen LogP contribution in [0, 0.1) is 0 Å². The highest BCUT2D eigenvalue weighted by atomic mass is 32.1. The predicted octanol–water partition coefficient (Wildman–Crippen LogP) is 3.31. The van der Waals surface area contributed by atoms with E-state index >= 15 is 0 Å². The Kier molecular flexibility index (Phi) is 5.72. The van der Waals surface area contributed by atoms with E-state index in [9.17, 15) is 8.78 Å². The molecule has 0 aliphatic heterocycles. The molecule has 1 heterocycles. The Balaban J connectivity index is 1.97. The molecule has 0 spiro atoms. The lowest BCUT2D eigenvalue weighted by Crippen LogP contribution is -2.24. The number of hydrazone groups is 1. The second-order valence-electron chi connectivity index (χ2n) is 5.35. The van der Waals surface area contributed by atoms with Crippen molar-refractivity contribution in [3.63, 3.8) is 0 Å². The zero-order valence-corrected chi connectivity index (χ0v) is 14.7. The van der Waals surface area contributed by atoms with Gasteiger partial charge in [0.15, 0.2) is 5.11 Å². The predicted molar refractivity (Wildman–Crippen MR) is 103 cm³/mol. The largest absolute Gasteiger partial charge is 0.435 e. The number of ether oxygens (including phenoxy) is 1. The van der Waals surface area contributed by atoms with E-state index in [0.29, 0.717) is 16.8 Å². The van der Waals surface area contributed by atoms with Crippen molar-refractivity contribution in [2.45, 2.75) is 6.61 Å². The summed E-state index contributed by atoms with van der Waals surface area (Å²) in [5, 5.41) is 8.60. The quantitative estimate of drug-likeness (QED) is 0.386. The zero-order valence-electron chi connectivity index (χ0n) is 13.9. The van der Waals surface area contributed by atoms with Gasteiger partial charge in [-0.2, -0.15) is 19.0 Å². The van der Waals surface area contributed by atoms with Crippen LogP contribution in [0.4, 0.5) is 8.78 Å². The van der Waals surface area contributed by atoms with Crippen LogP contribution in [0.3, 0.4) is 0 Å². The first-order chi connectivity index (χ1) is 13.0. The summed E-state index contributed by atoms with van der Waals surface area (Å²) < 4.78 is 30.7. The molecule has 0 unspecified atom stereocenters. The first-order valence-electron chi connectivity index (χ1n) is 7.82. The minimum atomic E-state index is -2.87. The fourth-order valence-corrected chi connectivity index (χ4v) is 2.43. The number of halogens is 2. The second kappa shape index (κ2) is 8.37. The molecule has 6 nitrogen and oxygen atoms in total. The molecule has 0 radical (unpaired) electrons. The van der Waals surface area contributed by atoms with Gasteiger partial charge in [0.25, 0.3) is 0 Å². The standard InChI is InChI=1S/C18H15F2N5OS/c19-17(20)26-15-8-6-12(7-9-15)16-13(10-22-23-18(21)27)11-25(24-16)14-4-2-1-3-5-14/h1-11,17H,(H3,21,23,27)/b22-10-. The first-order valence-corrected chi connectivity index (χ1v) is 8.22. The molecular weight excluding hydrogens is 372 g/mol. The Labute approximate surface area is 159 Å². The van der Waals surface area contributed by atoms with Crippen LogP contribution in [-0.2, 0) is 0 Å². The van der Waals surface area contributed by atoms with Gasteiger partial charge in [-0.1, -0.05) is 18.2 Å². The van der Waals surface area contributed by atoms with Gasteiger partial charge in [0.05, 0.1) is 11.9 Å². The highest BCUT2D eigenvalue weighted by Gasteiger charge is 2.12. The lowest BCUT2D eigenvalue weighted by Gasteiger charge is -2.05. The van der Waals surface area contributed by atoms with Gasteiger partial charge < -0.3 is 10.5 Å². The van der Waals surface area contributed by atoms with E-state index in [4.69, 9.17) is 18.0 Å². The van der Waals surface area contributed by atoms with Crippen LogP contribution in [0.1, 0.15) is 5.56 Å². The third kappa shape index (κ3) is 4.85. The number of nitrogens with one attached hydrogen (secondary N) is 1. The van der Waals surface area contributed by atoms with Gasteiger partial charge in [0, 0.05) is 17.3 Å². The van der Waals surface area contributed by atoms with Gasteiger partial charge in [0.2, 0.25) is 0 Å². The summed E-state index contributed by atoms with van der Waals surface area (Å²) in [7, 11) is 0. The molecule has 2 aromatic carbocycles. The summed E-state index contributed by atoms with van der Waals surface area (Å²) in [6.45, 7) is -2.87. The molecule has 138 valence electrons. The molecule has 0 fully saturated rings. The third-order valence-corrected chi connectivity index (χ3v) is 3.59. The van der Waals surface area contributed by atoms with Crippen LogP contribution in [0.2, 0.25) is 0 Å². The van der Waals surface area contributed by atoms with Crippen molar-refractivity contribution in [2.75, 3.05) is 0 Å². The minimum Gasteiger partial charge on any atom is -0.435 e. The molecule has 0 amide bonds. The van der Waals surface area contributed by atoms with Gasteiger partial charge in [-0.3, -0.25) is 5.43 Å². The number of nitrogens with two attached hydrogens (primary N) is 1. The fraction of sp³-hybridized carbons (Fsp3) is 0.0556. The molecule has 0 saturated heterocycles. The molecule has 0 saturated carbocycles. The first kappa shape index (κ1) is 18.5. The highest BCUT2D eigenvalue weighted by Crippen LogP contribution is 2.25. The summed E-state index contributed by atoms with van der Waals surface area (Å²) in [6, 6.07) is 15.7. The molecule has 9 heteroatoms. The number of alkyl halides is 2. The molecule has 0 bridgehead atoms. The molecule has 0 atom stereocenters. The molecule has 3 aromatic rings. The number of thiocarbonyl (C=S) groups is 1. The van der Waals surface area contributed by atoms with Crippen molar-refractivity contribution in [3.05, 3.63) is 66.4 Å². The van der Waals surface area contributed by atoms with Crippen molar-refractivity contribution in [3.8, 4) is 22.7 Å². The van der Waals surface area contributed by atoms with Gasteiger partial charge in [-0.25, -0.2) is 4.68 Å². The molecule has 0 aliphatic carbocycles. The van der Waals surface area contributed by atoms with Crippen molar-refractivity contribution >= 4 is 23.5 Å². The highest BCUT2D eigenvalue weighted by molar-refractivity contribution is 7.80. The average Bonchev–Trinajstić information content (AvgIpc) is 3.06. The summed E-state index contributed by atoms with van der Waals surface area (Å²) in [5.41, 5.74) is 10.7. The third-order valence-electron chi connectivity index (χ3n) is 3.49. The van der Waals surface area contributed by atoms with Crippen LogP contribution in [0.5, 0.6) is 5.75 Å². The van der Waals surface area contributed by atoms with Crippen LogP contribution in [0.15, 0.2) is 65.9 Å². The van der Waals surface area contributed by atoms with Crippen LogP contribution >= 0.6 is 12.2 Å². The molecule has 3 rings (SSSR count). The second-order valence-corrected chi connectivity index (χ2v) is 5.79. The molecule has 1 aromatic heterocycles. The summed E-state index contributed by atoms with van der Waals surface area (Å²) in [5.74, 6) is 0.0709. The molecule has 27 heavy (non-hydrogen) atoms. The minimum absolute atomic E-state index is 0.0387. The SMILES string of the molecule is NC(=S)N/N=C\c1cn(-c2ccccc2)nc1-c1ccc(OC(F)F)cc1. The summed E-state index contributed by atoms with van der Waals surface area (Å²) >= 11 is 4.72.